The molecule has 222 valence electrons. The van der Waals surface area contributed by atoms with E-state index in [4.69, 9.17) is 4.74 Å². The van der Waals surface area contributed by atoms with Crippen LogP contribution in [0.25, 0.3) is 0 Å². The summed E-state index contributed by atoms with van der Waals surface area (Å²) in [7, 11) is 0. The Balaban J connectivity index is 1.24. The largest absolute Gasteiger partial charge is 0.457 e. The number of allylic oxidation sites excluding steroid dienone is 2. The normalized spacial score (nSPS) is 16.3. The van der Waals surface area contributed by atoms with Crippen molar-refractivity contribution in [3.05, 3.63) is 170 Å². The lowest BCUT2D eigenvalue weighted by Crippen LogP contribution is -2.63. The molecule has 5 heteroatoms. The predicted molar refractivity (Wildman–Crippen MR) is 195 cm³/mol. The standard InChI is InChI=1S/C42H30BN3O/c1-4-14-29(15-5-1)44(30-16-6-2-7-17-30)32-26-27-33-38(28-32)45(31-18-8-3-9-19-31)36-22-13-23-37-41(36)43(33)34-20-12-25-40-42(34)46(37)35-21-10-11-24-39(35)47-40/h1-20,22-28,35H,21H2. The summed E-state index contributed by atoms with van der Waals surface area (Å²) in [5, 5.41) is 0. The van der Waals surface area contributed by atoms with Crippen molar-refractivity contribution in [1.29, 1.82) is 0 Å². The first-order valence-corrected chi connectivity index (χ1v) is 16.3. The highest BCUT2D eigenvalue weighted by molar-refractivity contribution is 7.00. The Morgan fingerprint density at radius 1 is 0.617 bits per heavy atom. The average Bonchev–Trinajstić information content (AvgIpc) is 3.14. The maximum atomic E-state index is 6.62. The van der Waals surface area contributed by atoms with Crippen molar-refractivity contribution in [3.8, 4) is 5.75 Å². The van der Waals surface area contributed by atoms with Crippen LogP contribution in [0.2, 0.25) is 0 Å². The molecule has 0 bridgehead atoms. The lowest BCUT2D eigenvalue weighted by Gasteiger charge is -2.49. The van der Waals surface area contributed by atoms with Crippen molar-refractivity contribution < 1.29 is 4.74 Å². The summed E-state index contributed by atoms with van der Waals surface area (Å²) in [5.74, 6) is 1.94. The zero-order chi connectivity index (χ0) is 30.9. The molecule has 4 nitrogen and oxygen atoms in total. The molecule has 1 unspecified atom stereocenters. The van der Waals surface area contributed by atoms with Gasteiger partial charge in [0.1, 0.15) is 11.5 Å². The third kappa shape index (κ3) is 3.90. The van der Waals surface area contributed by atoms with Crippen molar-refractivity contribution in [2.75, 3.05) is 14.7 Å². The van der Waals surface area contributed by atoms with Crippen LogP contribution in [-0.2, 0) is 0 Å². The molecule has 0 aromatic heterocycles. The minimum absolute atomic E-state index is 0.0616. The van der Waals surface area contributed by atoms with Crippen LogP contribution in [0.1, 0.15) is 6.42 Å². The Hall–Kier alpha value is -5.94. The molecule has 10 rings (SSSR count). The second-order valence-corrected chi connectivity index (χ2v) is 12.5. The lowest BCUT2D eigenvalue weighted by atomic mass is 9.33. The molecule has 0 saturated heterocycles. The van der Waals surface area contributed by atoms with E-state index < -0.39 is 0 Å². The van der Waals surface area contributed by atoms with E-state index in [0.29, 0.717) is 0 Å². The number of hydrogen-bond donors (Lipinski definition) is 0. The third-order valence-electron chi connectivity index (χ3n) is 9.92. The van der Waals surface area contributed by atoms with Gasteiger partial charge in [0.15, 0.2) is 0 Å². The summed E-state index contributed by atoms with van der Waals surface area (Å²) in [4.78, 5) is 7.36. The van der Waals surface area contributed by atoms with Gasteiger partial charge in [0.2, 0.25) is 0 Å². The Morgan fingerprint density at radius 2 is 1.32 bits per heavy atom. The number of rotatable bonds is 4. The van der Waals surface area contributed by atoms with Gasteiger partial charge in [-0.2, -0.15) is 0 Å². The molecule has 0 amide bonds. The van der Waals surface area contributed by atoms with Crippen molar-refractivity contribution in [3.63, 3.8) is 0 Å². The van der Waals surface area contributed by atoms with Crippen LogP contribution in [0.3, 0.4) is 0 Å². The van der Waals surface area contributed by atoms with Gasteiger partial charge in [-0.25, -0.2) is 0 Å². The maximum absolute atomic E-state index is 6.62. The first-order valence-electron chi connectivity index (χ1n) is 16.3. The number of nitrogens with zero attached hydrogens (tertiary/aromatic N) is 3. The smallest absolute Gasteiger partial charge is 0.252 e. The van der Waals surface area contributed by atoms with E-state index in [0.717, 1.165) is 40.7 Å². The zero-order valence-electron chi connectivity index (χ0n) is 25.7. The molecule has 1 aliphatic carbocycles. The highest BCUT2D eigenvalue weighted by atomic mass is 16.5. The molecule has 3 aliphatic heterocycles. The Morgan fingerprint density at radius 3 is 2.09 bits per heavy atom. The fourth-order valence-electron chi connectivity index (χ4n) is 8.03. The molecule has 6 aromatic carbocycles. The SMILES string of the molecule is C1=CCC2C(=C1)Oc1cccc3c1N2c1cccc2c1B3c1ccc(N(c3ccccc3)c3ccccc3)cc1N2c1ccccc1. The summed E-state index contributed by atoms with van der Waals surface area (Å²) in [6.07, 6.45) is 7.41. The molecule has 3 heterocycles. The van der Waals surface area contributed by atoms with Crippen LogP contribution in [-0.4, -0.2) is 12.8 Å². The molecular formula is C42H30BN3O. The van der Waals surface area contributed by atoms with Crippen molar-refractivity contribution >= 4 is 68.6 Å². The number of benzene rings is 6. The van der Waals surface area contributed by atoms with Crippen LogP contribution in [0.5, 0.6) is 5.75 Å². The first-order chi connectivity index (χ1) is 23.3. The van der Waals surface area contributed by atoms with Gasteiger partial charge in [-0.05, 0) is 95.6 Å². The Kier molecular flexibility index (Phi) is 5.76. The molecule has 4 aliphatic rings. The molecule has 47 heavy (non-hydrogen) atoms. The fourth-order valence-corrected chi connectivity index (χ4v) is 8.03. The van der Waals surface area contributed by atoms with Gasteiger partial charge in [-0.15, -0.1) is 0 Å². The lowest BCUT2D eigenvalue weighted by molar-refractivity contribution is 0.361. The Bertz CT molecular complexity index is 2190. The van der Waals surface area contributed by atoms with E-state index in [2.05, 4.69) is 179 Å². The topological polar surface area (TPSA) is 19.0 Å². The highest BCUT2D eigenvalue weighted by Crippen LogP contribution is 2.49. The summed E-state index contributed by atoms with van der Waals surface area (Å²) in [6, 6.07) is 52.7. The van der Waals surface area contributed by atoms with Gasteiger partial charge in [-0.3, -0.25) is 0 Å². The molecule has 0 N–H and O–H groups in total. The zero-order valence-corrected chi connectivity index (χ0v) is 25.7. The first kappa shape index (κ1) is 26.3. The van der Waals surface area contributed by atoms with Crippen molar-refractivity contribution in [1.82, 2.24) is 0 Å². The summed E-state index contributed by atoms with van der Waals surface area (Å²) in [5.41, 5.74) is 13.3. The molecule has 1 atom stereocenters. The van der Waals surface area contributed by atoms with Gasteiger partial charge < -0.3 is 19.4 Å². The van der Waals surface area contributed by atoms with Gasteiger partial charge in [-0.1, -0.05) is 91.0 Å². The van der Waals surface area contributed by atoms with Crippen LogP contribution < -0.4 is 35.8 Å². The summed E-state index contributed by atoms with van der Waals surface area (Å²) in [6.45, 7) is 0.0616. The third-order valence-corrected chi connectivity index (χ3v) is 9.92. The summed E-state index contributed by atoms with van der Waals surface area (Å²) >= 11 is 0. The number of ether oxygens (including phenoxy) is 1. The number of hydrogen-bond acceptors (Lipinski definition) is 4. The number of anilines is 8. The number of fused-ring (bicyclic) bond motifs is 6. The minimum atomic E-state index is 0.0616. The average molecular weight is 604 g/mol. The molecule has 0 radical (unpaired) electrons. The van der Waals surface area contributed by atoms with E-state index in [9.17, 15) is 0 Å². The van der Waals surface area contributed by atoms with Crippen LogP contribution in [0.15, 0.2) is 170 Å². The van der Waals surface area contributed by atoms with Crippen molar-refractivity contribution in [2.45, 2.75) is 12.5 Å². The second kappa shape index (κ2) is 10.3. The minimum Gasteiger partial charge on any atom is -0.457 e. The predicted octanol–water partition coefficient (Wildman–Crippen LogP) is 8.51. The molecule has 6 aromatic rings. The van der Waals surface area contributed by atoms with Gasteiger partial charge in [0.25, 0.3) is 6.71 Å². The maximum Gasteiger partial charge on any atom is 0.252 e. The molecule has 0 fully saturated rings. The van der Waals surface area contributed by atoms with Crippen molar-refractivity contribution in [2.24, 2.45) is 0 Å². The van der Waals surface area contributed by atoms with Crippen LogP contribution >= 0.6 is 0 Å². The monoisotopic (exact) mass is 603 g/mol. The summed E-state index contributed by atoms with van der Waals surface area (Å²) < 4.78 is 6.62. The molecule has 0 saturated carbocycles. The quantitative estimate of drug-likeness (QED) is 0.188. The highest BCUT2D eigenvalue weighted by Gasteiger charge is 2.47. The van der Waals surface area contributed by atoms with E-state index in [1.807, 2.05) is 0 Å². The fraction of sp³-hybridized carbons (Fsp3) is 0.0476. The number of para-hydroxylation sites is 4. The molecular weight excluding hydrogens is 573 g/mol. The Labute approximate surface area is 275 Å². The molecule has 0 spiro atoms. The van der Waals surface area contributed by atoms with E-state index in [1.54, 1.807) is 0 Å². The van der Waals surface area contributed by atoms with Gasteiger partial charge >= 0.3 is 0 Å². The van der Waals surface area contributed by atoms with Gasteiger partial charge in [0, 0.05) is 39.8 Å². The van der Waals surface area contributed by atoms with Crippen LogP contribution in [0.4, 0.5) is 45.5 Å². The van der Waals surface area contributed by atoms with Gasteiger partial charge in [0.05, 0.1) is 11.7 Å². The van der Waals surface area contributed by atoms with E-state index in [-0.39, 0.29) is 12.8 Å². The van der Waals surface area contributed by atoms with E-state index >= 15 is 0 Å². The second-order valence-electron chi connectivity index (χ2n) is 12.5. The van der Waals surface area contributed by atoms with E-state index in [1.165, 1.54) is 39.1 Å². The van der Waals surface area contributed by atoms with Crippen LogP contribution in [0, 0.1) is 0 Å².